The molecule has 1 fully saturated rings. The van der Waals surface area contributed by atoms with Gasteiger partial charge in [-0.25, -0.2) is 0 Å². The van der Waals surface area contributed by atoms with Crippen LogP contribution in [0.2, 0.25) is 0 Å². The van der Waals surface area contributed by atoms with Gasteiger partial charge in [0, 0.05) is 29.4 Å². The van der Waals surface area contributed by atoms with Crippen molar-refractivity contribution < 1.29 is 9.59 Å². The van der Waals surface area contributed by atoms with E-state index in [1.165, 1.54) is 19.3 Å². The van der Waals surface area contributed by atoms with Crippen LogP contribution in [-0.4, -0.2) is 23.3 Å². The maximum atomic E-state index is 12.5. The normalized spacial score (nSPS) is 19.4. The first-order valence-corrected chi connectivity index (χ1v) is 6.94. The summed E-state index contributed by atoms with van der Waals surface area (Å²) in [5.74, 6) is 0.122. The van der Waals surface area contributed by atoms with E-state index in [2.05, 4.69) is 5.32 Å². The van der Waals surface area contributed by atoms with Crippen LogP contribution in [0.25, 0.3) is 0 Å². The van der Waals surface area contributed by atoms with Gasteiger partial charge >= 0.3 is 0 Å². The first kappa shape index (κ1) is 12.2. The zero-order valence-corrected chi connectivity index (χ0v) is 10.9. The minimum absolute atomic E-state index is 0.122. The lowest BCUT2D eigenvalue weighted by Gasteiger charge is -2.30. The van der Waals surface area contributed by atoms with E-state index >= 15 is 0 Å². The molecule has 0 unspecified atom stereocenters. The standard InChI is InChI=1S/C15H18N2O2/c18-10-16-14-8-4-7-12-13(14)9-17(15(12)19)11-5-2-1-3-6-11/h4,7-8,10-11H,1-3,5-6,9H2,(H,16,18). The van der Waals surface area contributed by atoms with E-state index in [-0.39, 0.29) is 5.91 Å². The van der Waals surface area contributed by atoms with Crippen molar-refractivity contribution >= 4 is 18.0 Å². The van der Waals surface area contributed by atoms with Crippen LogP contribution in [0.1, 0.15) is 48.0 Å². The molecule has 1 N–H and O–H groups in total. The number of rotatable bonds is 3. The molecule has 1 aliphatic heterocycles. The molecule has 3 rings (SSSR count). The Kier molecular flexibility index (Phi) is 3.23. The zero-order chi connectivity index (χ0) is 13.2. The van der Waals surface area contributed by atoms with E-state index in [0.29, 0.717) is 19.0 Å². The summed E-state index contributed by atoms with van der Waals surface area (Å²) in [6.45, 7) is 0.635. The predicted octanol–water partition coefficient (Wildman–Crippen LogP) is 2.54. The van der Waals surface area contributed by atoms with E-state index in [0.717, 1.165) is 29.7 Å². The largest absolute Gasteiger partial charge is 0.331 e. The van der Waals surface area contributed by atoms with Crippen LogP contribution in [0, 0.1) is 0 Å². The van der Waals surface area contributed by atoms with Crippen molar-refractivity contribution in [3.8, 4) is 0 Å². The highest BCUT2D eigenvalue weighted by Gasteiger charge is 2.34. The topological polar surface area (TPSA) is 49.4 Å². The van der Waals surface area contributed by atoms with Gasteiger partial charge in [0.25, 0.3) is 5.91 Å². The van der Waals surface area contributed by atoms with Gasteiger partial charge < -0.3 is 10.2 Å². The van der Waals surface area contributed by atoms with Crippen molar-refractivity contribution in [2.45, 2.75) is 44.7 Å². The summed E-state index contributed by atoms with van der Waals surface area (Å²) >= 11 is 0. The summed E-state index contributed by atoms with van der Waals surface area (Å²) in [5.41, 5.74) is 2.47. The van der Waals surface area contributed by atoms with Crippen LogP contribution in [0.5, 0.6) is 0 Å². The van der Waals surface area contributed by atoms with Crippen molar-refractivity contribution in [2.24, 2.45) is 0 Å². The van der Waals surface area contributed by atoms with Gasteiger partial charge in [-0.1, -0.05) is 25.3 Å². The summed E-state index contributed by atoms with van der Waals surface area (Å²) in [7, 11) is 0. The van der Waals surface area contributed by atoms with Crippen molar-refractivity contribution in [3.63, 3.8) is 0 Å². The first-order valence-electron chi connectivity index (χ1n) is 6.94. The SMILES string of the molecule is O=CNc1cccc2c1CN(C1CCCCC1)C2=O. The Hall–Kier alpha value is -1.84. The van der Waals surface area contributed by atoms with Gasteiger partial charge in [-0.05, 0) is 25.0 Å². The smallest absolute Gasteiger partial charge is 0.254 e. The van der Waals surface area contributed by atoms with Crippen LogP contribution in [0.15, 0.2) is 18.2 Å². The molecule has 1 aromatic carbocycles. The average molecular weight is 258 g/mol. The second-order valence-electron chi connectivity index (χ2n) is 5.32. The Labute approximate surface area is 112 Å². The molecule has 0 bridgehead atoms. The van der Waals surface area contributed by atoms with Gasteiger partial charge in [-0.15, -0.1) is 0 Å². The zero-order valence-electron chi connectivity index (χ0n) is 10.9. The summed E-state index contributed by atoms with van der Waals surface area (Å²) in [5, 5.41) is 2.69. The molecular weight excluding hydrogens is 240 g/mol. The number of benzene rings is 1. The fourth-order valence-electron chi connectivity index (χ4n) is 3.24. The number of anilines is 1. The summed E-state index contributed by atoms with van der Waals surface area (Å²) < 4.78 is 0. The van der Waals surface area contributed by atoms with Gasteiger partial charge in [0.05, 0.1) is 0 Å². The van der Waals surface area contributed by atoms with Crippen LogP contribution in [0.4, 0.5) is 5.69 Å². The van der Waals surface area contributed by atoms with Gasteiger partial charge in [-0.3, -0.25) is 9.59 Å². The monoisotopic (exact) mass is 258 g/mol. The lowest BCUT2D eigenvalue weighted by Crippen LogP contribution is -2.36. The third-order valence-corrected chi connectivity index (χ3v) is 4.23. The Bertz CT molecular complexity index is 507. The Balaban J connectivity index is 1.87. The maximum absolute atomic E-state index is 12.5. The molecule has 2 aliphatic rings. The number of amides is 2. The summed E-state index contributed by atoms with van der Waals surface area (Å²) in [6, 6.07) is 5.91. The van der Waals surface area contributed by atoms with Gasteiger partial charge in [0.15, 0.2) is 0 Å². The molecule has 1 heterocycles. The molecule has 1 saturated carbocycles. The quantitative estimate of drug-likeness (QED) is 0.847. The minimum Gasteiger partial charge on any atom is -0.331 e. The highest BCUT2D eigenvalue weighted by atomic mass is 16.2. The molecule has 0 aromatic heterocycles. The van der Waals surface area contributed by atoms with Crippen LogP contribution < -0.4 is 5.32 Å². The molecule has 100 valence electrons. The van der Waals surface area contributed by atoms with E-state index < -0.39 is 0 Å². The van der Waals surface area contributed by atoms with Crippen molar-refractivity contribution in [1.29, 1.82) is 0 Å². The molecule has 1 aromatic rings. The van der Waals surface area contributed by atoms with E-state index in [1.807, 2.05) is 23.1 Å². The first-order chi connectivity index (χ1) is 9.31. The second-order valence-corrected chi connectivity index (χ2v) is 5.32. The molecule has 0 saturated heterocycles. The van der Waals surface area contributed by atoms with E-state index in [1.54, 1.807) is 0 Å². The third kappa shape index (κ3) is 2.11. The number of carbonyl (C=O) groups excluding carboxylic acids is 2. The van der Waals surface area contributed by atoms with Gasteiger partial charge in [0.2, 0.25) is 6.41 Å². The molecule has 1 aliphatic carbocycles. The molecule has 4 heteroatoms. The molecule has 4 nitrogen and oxygen atoms in total. The summed E-state index contributed by atoms with van der Waals surface area (Å²) in [6.07, 6.45) is 6.59. The highest BCUT2D eigenvalue weighted by Crippen LogP contribution is 2.34. The lowest BCUT2D eigenvalue weighted by atomic mass is 9.94. The number of nitrogens with one attached hydrogen (secondary N) is 1. The maximum Gasteiger partial charge on any atom is 0.254 e. The molecule has 0 spiro atoms. The molecule has 0 radical (unpaired) electrons. The fraction of sp³-hybridized carbons (Fsp3) is 0.467. The number of fused-ring (bicyclic) bond motifs is 1. The molecule has 19 heavy (non-hydrogen) atoms. The van der Waals surface area contributed by atoms with Crippen molar-refractivity contribution in [2.75, 3.05) is 5.32 Å². The summed E-state index contributed by atoms with van der Waals surface area (Å²) in [4.78, 5) is 25.1. The Morgan fingerprint density at radius 2 is 2.00 bits per heavy atom. The third-order valence-electron chi connectivity index (χ3n) is 4.23. The highest BCUT2D eigenvalue weighted by molar-refractivity contribution is 6.00. The molecule has 2 amide bonds. The van der Waals surface area contributed by atoms with Crippen molar-refractivity contribution in [1.82, 2.24) is 4.90 Å². The average Bonchev–Trinajstić information content (AvgIpc) is 2.79. The second kappa shape index (κ2) is 5.03. The van der Waals surface area contributed by atoms with E-state index in [9.17, 15) is 9.59 Å². The lowest BCUT2D eigenvalue weighted by molar-refractivity contribution is -0.105. The number of carbonyl (C=O) groups is 2. The minimum atomic E-state index is 0.122. The number of hydrogen-bond donors (Lipinski definition) is 1. The van der Waals surface area contributed by atoms with Gasteiger partial charge in [0.1, 0.15) is 0 Å². The van der Waals surface area contributed by atoms with Gasteiger partial charge in [-0.2, -0.15) is 0 Å². The molecule has 0 atom stereocenters. The number of nitrogens with zero attached hydrogens (tertiary/aromatic N) is 1. The number of hydrogen-bond acceptors (Lipinski definition) is 2. The van der Waals surface area contributed by atoms with Crippen molar-refractivity contribution in [3.05, 3.63) is 29.3 Å². The van der Waals surface area contributed by atoms with Crippen LogP contribution in [-0.2, 0) is 11.3 Å². The predicted molar refractivity (Wildman–Crippen MR) is 72.9 cm³/mol. The fourth-order valence-corrected chi connectivity index (χ4v) is 3.24. The van der Waals surface area contributed by atoms with Crippen LogP contribution in [0.3, 0.4) is 0 Å². The van der Waals surface area contributed by atoms with E-state index in [4.69, 9.17) is 0 Å². The molecular formula is C15H18N2O2. The Morgan fingerprint density at radius 3 is 2.74 bits per heavy atom. The Morgan fingerprint density at radius 1 is 1.21 bits per heavy atom. The van der Waals surface area contributed by atoms with Crippen LogP contribution >= 0.6 is 0 Å².